The van der Waals surface area contributed by atoms with E-state index >= 15 is 0 Å². The van der Waals surface area contributed by atoms with Gasteiger partial charge in [0.25, 0.3) is 11.8 Å². The van der Waals surface area contributed by atoms with Gasteiger partial charge in [0.1, 0.15) is 5.54 Å². The minimum Gasteiger partial charge on any atom is -0.318 e. The maximum atomic E-state index is 13.1. The van der Waals surface area contributed by atoms with Crippen molar-refractivity contribution in [1.82, 2.24) is 20.7 Å². The lowest BCUT2D eigenvalue weighted by atomic mass is 9.87. The third-order valence-electron chi connectivity index (χ3n) is 5.97. The molecular formula is C23H28N4O5S. The van der Waals surface area contributed by atoms with Gasteiger partial charge in [-0.15, -0.1) is 0 Å². The molecule has 3 rings (SSSR count). The number of hydrogen-bond donors (Lipinski definition) is 2. The molecule has 10 heteroatoms. The van der Waals surface area contributed by atoms with E-state index < -0.39 is 33.2 Å². The van der Waals surface area contributed by atoms with Crippen molar-refractivity contribution in [3.63, 3.8) is 0 Å². The fourth-order valence-electron chi connectivity index (χ4n) is 3.81. The molecule has 0 radical (unpaired) electrons. The van der Waals surface area contributed by atoms with Crippen LogP contribution >= 0.6 is 0 Å². The van der Waals surface area contributed by atoms with E-state index in [2.05, 4.69) is 10.7 Å². The molecule has 0 aliphatic carbocycles. The summed E-state index contributed by atoms with van der Waals surface area (Å²) in [5.74, 6) is -1.07. The van der Waals surface area contributed by atoms with Crippen LogP contribution in [0.2, 0.25) is 0 Å². The minimum absolute atomic E-state index is 0.0868. The van der Waals surface area contributed by atoms with Gasteiger partial charge in [0, 0.05) is 12.3 Å². The number of hydrazine groups is 1. The van der Waals surface area contributed by atoms with Crippen LogP contribution in [0.3, 0.4) is 0 Å². The molecule has 2 unspecified atom stereocenters. The number of sulfone groups is 1. The lowest BCUT2D eigenvalue weighted by Gasteiger charge is -2.27. The normalized spacial score (nSPS) is 19.5. The molecule has 9 nitrogen and oxygen atoms in total. The number of imide groups is 1. The Morgan fingerprint density at radius 3 is 2.27 bits per heavy atom. The summed E-state index contributed by atoms with van der Waals surface area (Å²) in [5, 5.41) is 3.45. The largest absolute Gasteiger partial charge is 0.344 e. The predicted octanol–water partition coefficient (Wildman–Crippen LogP) is 1.97. The van der Waals surface area contributed by atoms with Gasteiger partial charge < -0.3 is 5.32 Å². The summed E-state index contributed by atoms with van der Waals surface area (Å²) in [7, 11) is -1.57. The molecule has 1 heterocycles. The first kappa shape index (κ1) is 24.4. The molecule has 1 saturated heterocycles. The van der Waals surface area contributed by atoms with Crippen molar-refractivity contribution >= 4 is 27.7 Å². The first-order chi connectivity index (χ1) is 15.5. The second-order valence-corrected chi connectivity index (χ2v) is 10.2. The topological polar surface area (TPSA) is 116 Å². The van der Waals surface area contributed by atoms with E-state index in [4.69, 9.17) is 0 Å². The van der Waals surface area contributed by atoms with Crippen LogP contribution in [0.4, 0.5) is 4.79 Å². The number of nitrogens with zero attached hydrogens (tertiary/aromatic N) is 2. The quantitative estimate of drug-likeness (QED) is 0.568. The Labute approximate surface area is 193 Å². The monoisotopic (exact) mass is 472 g/mol. The number of carbonyl (C=O) groups is 3. The molecule has 4 amide bonds. The van der Waals surface area contributed by atoms with Crippen LogP contribution in [0.5, 0.6) is 0 Å². The highest BCUT2D eigenvalue weighted by Gasteiger charge is 2.52. The molecule has 0 bridgehead atoms. The van der Waals surface area contributed by atoms with E-state index in [1.54, 1.807) is 55.3 Å². The van der Waals surface area contributed by atoms with Crippen molar-refractivity contribution in [3.05, 3.63) is 65.7 Å². The summed E-state index contributed by atoms with van der Waals surface area (Å²) in [6.45, 7) is 3.57. The van der Waals surface area contributed by atoms with E-state index in [0.717, 1.165) is 16.8 Å². The van der Waals surface area contributed by atoms with Crippen molar-refractivity contribution in [1.29, 1.82) is 0 Å². The predicted molar refractivity (Wildman–Crippen MR) is 123 cm³/mol. The zero-order chi connectivity index (χ0) is 24.4. The average molecular weight is 473 g/mol. The van der Waals surface area contributed by atoms with Crippen LogP contribution in [0.1, 0.15) is 37.4 Å². The van der Waals surface area contributed by atoms with Gasteiger partial charge in [-0.05, 0) is 43.7 Å². The van der Waals surface area contributed by atoms with Crippen molar-refractivity contribution in [2.24, 2.45) is 0 Å². The lowest BCUT2D eigenvalue weighted by Crippen LogP contribution is -2.50. The van der Waals surface area contributed by atoms with E-state index in [9.17, 15) is 22.8 Å². The van der Waals surface area contributed by atoms with E-state index in [0.29, 0.717) is 12.0 Å². The fourth-order valence-corrected chi connectivity index (χ4v) is 4.44. The first-order valence-corrected chi connectivity index (χ1v) is 12.4. The second-order valence-electron chi connectivity index (χ2n) is 8.16. The molecule has 0 spiro atoms. The third kappa shape index (κ3) is 4.91. The van der Waals surface area contributed by atoms with Crippen LogP contribution in [-0.4, -0.2) is 56.0 Å². The van der Waals surface area contributed by atoms with Crippen LogP contribution in [0.25, 0.3) is 0 Å². The van der Waals surface area contributed by atoms with Crippen LogP contribution in [-0.2, 0) is 25.0 Å². The van der Waals surface area contributed by atoms with E-state index in [-0.39, 0.29) is 17.5 Å². The Bertz CT molecular complexity index is 1150. The van der Waals surface area contributed by atoms with Crippen molar-refractivity contribution in [2.75, 3.05) is 19.8 Å². The van der Waals surface area contributed by atoms with Crippen molar-refractivity contribution in [3.8, 4) is 0 Å². The Morgan fingerprint density at radius 1 is 1.12 bits per heavy atom. The molecule has 2 aromatic carbocycles. The third-order valence-corrected chi connectivity index (χ3v) is 7.10. The highest BCUT2D eigenvalue weighted by atomic mass is 32.2. The minimum atomic E-state index is -3.29. The molecule has 33 heavy (non-hydrogen) atoms. The van der Waals surface area contributed by atoms with Crippen LogP contribution in [0, 0.1) is 0 Å². The zero-order valence-corrected chi connectivity index (χ0v) is 19.8. The molecule has 176 valence electrons. The molecule has 1 aliphatic rings. The highest BCUT2D eigenvalue weighted by molar-refractivity contribution is 7.90. The number of likely N-dealkylation sites (N-methyl/N-ethyl adjacent to an activating group) is 1. The van der Waals surface area contributed by atoms with Gasteiger partial charge in [-0.2, -0.15) is 5.01 Å². The molecule has 1 fully saturated rings. The summed E-state index contributed by atoms with van der Waals surface area (Å²) >= 11 is 0. The number of rotatable bonds is 8. The van der Waals surface area contributed by atoms with E-state index in [1.807, 2.05) is 13.0 Å². The summed E-state index contributed by atoms with van der Waals surface area (Å²) in [4.78, 5) is 40.3. The summed E-state index contributed by atoms with van der Waals surface area (Å²) in [6, 6.07) is 14.4. The number of amides is 4. The average Bonchev–Trinajstić information content (AvgIpc) is 3.03. The molecule has 0 saturated carbocycles. The van der Waals surface area contributed by atoms with Gasteiger partial charge in [-0.25, -0.2) is 13.2 Å². The summed E-state index contributed by atoms with van der Waals surface area (Å²) < 4.78 is 23.3. The smallest absolute Gasteiger partial charge is 0.318 e. The van der Waals surface area contributed by atoms with Gasteiger partial charge in [0.15, 0.2) is 9.84 Å². The maximum Gasteiger partial charge on any atom is 0.344 e. The Balaban J connectivity index is 1.67. The zero-order valence-electron chi connectivity index (χ0n) is 19.0. The number of benzene rings is 2. The molecule has 1 aliphatic heterocycles. The SMILES string of the molecule is CCC1(c2ccccc2)NC(=O)N(NC(=O)CN(C)C(C)c2ccc(S(C)(=O)=O)cc2)C1=O. The van der Waals surface area contributed by atoms with Gasteiger partial charge in [0.2, 0.25) is 0 Å². The number of hydrogen-bond acceptors (Lipinski definition) is 6. The molecule has 2 aromatic rings. The Kier molecular flexibility index (Phi) is 6.89. The first-order valence-electron chi connectivity index (χ1n) is 10.5. The van der Waals surface area contributed by atoms with Gasteiger partial charge >= 0.3 is 6.03 Å². The van der Waals surface area contributed by atoms with Crippen LogP contribution < -0.4 is 10.7 Å². The molecular weight excluding hydrogens is 444 g/mol. The van der Waals surface area contributed by atoms with Crippen molar-refractivity contribution < 1.29 is 22.8 Å². The number of carbonyl (C=O) groups excluding carboxylic acids is 3. The van der Waals surface area contributed by atoms with Crippen molar-refractivity contribution in [2.45, 2.75) is 36.7 Å². The Morgan fingerprint density at radius 2 is 1.73 bits per heavy atom. The standard InChI is InChI=1S/C23H28N4O5S/c1-5-23(18-9-7-6-8-10-18)21(29)27(22(30)24-23)25-20(28)15-26(3)16(2)17-11-13-19(14-12-17)33(4,31)32/h6-14,16H,5,15H2,1-4H3,(H,24,30)(H,25,28). The summed E-state index contributed by atoms with van der Waals surface area (Å²) in [5.41, 5.74) is 2.65. The van der Waals surface area contributed by atoms with Gasteiger partial charge in [-0.1, -0.05) is 49.4 Å². The highest BCUT2D eigenvalue weighted by Crippen LogP contribution is 2.31. The Hall–Kier alpha value is -3.24. The molecule has 2 atom stereocenters. The molecule has 2 N–H and O–H groups in total. The van der Waals surface area contributed by atoms with Gasteiger partial charge in [0.05, 0.1) is 11.4 Å². The second kappa shape index (κ2) is 9.32. The number of nitrogens with one attached hydrogen (secondary N) is 2. The fraction of sp³-hybridized carbons (Fsp3) is 0.348. The lowest BCUT2D eigenvalue weighted by molar-refractivity contribution is -0.139. The maximum absolute atomic E-state index is 13.1. The van der Waals surface area contributed by atoms with E-state index in [1.165, 1.54) is 12.1 Å². The summed E-state index contributed by atoms with van der Waals surface area (Å²) in [6.07, 6.45) is 1.47. The van der Waals surface area contributed by atoms with Gasteiger partial charge in [-0.3, -0.25) is 19.9 Å². The number of urea groups is 1. The van der Waals surface area contributed by atoms with Crippen LogP contribution in [0.15, 0.2) is 59.5 Å². The molecule has 0 aromatic heterocycles.